The second kappa shape index (κ2) is 5.01. The van der Waals surface area contributed by atoms with Gasteiger partial charge in [0.25, 0.3) is 0 Å². The van der Waals surface area contributed by atoms with Crippen molar-refractivity contribution in [1.29, 1.82) is 5.26 Å². The SMILES string of the molecule is N#Cc1nc(Nc2ccc(I)cc2)ccc1N. The Morgan fingerprint density at radius 2 is 1.88 bits per heavy atom. The molecule has 3 N–H and O–H groups in total. The summed E-state index contributed by atoms with van der Waals surface area (Å²) in [6.07, 6.45) is 0. The smallest absolute Gasteiger partial charge is 0.165 e. The summed E-state index contributed by atoms with van der Waals surface area (Å²) in [5, 5.41) is 11.9. The maximum atomic E-state index is 8.82. The van der Waals surface area contributed by atoms with Gasteiger partial charge < -0.3 is 11.1 Å². The maximum Gasteiger partial charge on any atom is 0.165 e. The molecule has 0 aliphatic carbocycles. The van der Waals surface area contributed by atoms with E-state index < -0.39 is 0 Å². The third-order valence-electron chi connectivity index (χ3n) is 2.15. The number of nitrogens with zero attached hydrogens (tertiary/aromatic N) is 2. The van der Waals surface area contributed by atoms with E-state index in [0.29, 0.717) is 11.5 Å². The normalized spacial score (nSPS) is 9.65. The van der Waals surface area contributed by atoms with E-state index in [1.807, 2.05) is 30.3 Å². The highest BCUT2D eigenvalue weighted by Crippen LogP contribution is 2.18. The fourth-order valence-electron chi connectivity index (χ4n) is 1.31. The van der Waals surface area contributed by atoms with Crippen LogP contribution in [0.4, 0.5) is 17.2 Å². The quantitative estimate of drug-likeness (QED) is 0.827. The van der Waals surface area contributed by atoms with Crippen LogP contribution in [0.25, 0.3) is 0 Å². The highest BCUT2D eigenvalue weighted by molar-refractivity contribution is 14.1. The van der Waals surface area contributed by atoms with E-state index >= 15 is 0 Å². The highest BCUT2D eigenvalue weighted by atomic mass is 127. The topological polar surface area (TPSA) is 74.7 Å². The van der Waals surface area contributed by atoms with Gasteiger partial charge in [-0.2, -0.15) is 5.26 Å². The van der Waals surface area contributed by atoms with Gasteiger partial charge in [-0.25, -0.2) is 4.98 Å². The Kier molecular flexibility index (Phi) is 3.44. The molecule has 1 aromatic carbocycles. The van der Waals surface area contributed by atoms with Crippen molar-refractivity contribution in [3.63, 3.8) is 0 Å². The zero-order chi connectivity index (χ0) is 12.3. The number of nitriles is 1. The molecule has 0 radical (unpaired) electrons. The minimum absolute atomic E-state index is 0.237. The van der Waals surface area contributed by atoms with Gasteiger partial charge in [-0.05, 0) is 59.0 Å². The molecule has 0 fully saturated rings. The fraction of sp³-hybridized carbons (Fsp3) is 0. The van der Waals surface area contributed by atoms with Gasteiger partial charge in [-0.3, -0.25) is 0 Å². The highest BCUT2D eigenvalue weighted by Gasteiger charge is 2.02. The summed E-state index contributed by atoms with van der Waals surface area (Å²) in [6.45, 7) is 0. The molecule has 0 atom stereocenters. The Morgan fingerprint density at radius 3 is 2.53 bits per heavy atom. The van der Waals surface area contributed by atoms with Gasteiger partial charge >= 0.3 is 0 Å². The number of hydrogen-bond acceptors (Lipinski definition) is 4. The van der Waals surface area contributed by atoms with E-state index in [9.17, 15) is 0 Å². The van der Waals surface area contributed by atoms with Crippen LogP contribution in [0.1, 0.15) is 5.69 Å². The van der Waals surface area contributed by atoms with E-state index in [2.05, 4.69) is 32.9 Å². The van der Waals surface area contributed by atoms with E-state index in [-0.39, 0.29) is 5.69 Å². The maximum absolute atomic E-state index is 8.82. The van der Waals surface area contributed by atoms with Crippen molar-refractivity contribution in [2.24, 2.45) is 0 Å². The second-order valence-corrected chi connectivity index (χ2v) is 4.62. The number of rotatable bonds is 2. The third kappa shape index (κ3) is 2.85. The molecule has 0 aliphatic heterocycles. The average Bonchev–Trinajstić information content (AvgIpc) is 2.34. The summed E-state index contributed by atoms with van der Waals surface area (Å²) in [5.41, 5.74) is 7.15. The van der Waals surface area contributed by atoms with E-state index in [4.69, 9.17) is 11.0 Å². The molecule has 0 unspecified atom stereocenters. The third-order valence-corrected chi connectivity index (χ3v) is 2.87. The number of nitrogens with one attached hydrogen (secondary N) is 1. The van der Waals surface area contributed by atoms with E-state index in [0.717, 1.165) is 9.26 Å². The molecule has 2 aromatic rings. The van der Waals surface area contributed by atoms with Crippen LogP contribution in [-0.4, -0.2) is 4.98 Å². The molecule has 0 amide bonds. The minimum Gasteiger partial charge on any atom is -0.396 e. The second-order valence-electron chi connectivity index (χ2n) is 3.38. The summed E-state index contributed by atoms with van der Waals surface area (Å²) in [4.78, 5) is 4.11. The van der Waals surface area contributed by atoms with E-state index in [1.54, 1.807) is 12.1 Å². The number of nitrogen functional groups attached to an aromatic ring is 1. The van der Waals surface area contributed by atoms with Gasteiger partial charge in [0.05, 0.1) is 5.69 Å². The molecule has 2 rings (SSSR count). The van der Waals surface area contributed by atoms with Crippen LogP contribution < -0.4 is 11.1 Å². The van der Waals surface area contributed by atoms with Gasteiger partial charge in [-0.15, -0.1) is 0 Å². The van der Waals surface area contributed by atoms with Crippen LogP contribution >= 0.6 is 22.6 Å². The molecule has 0 bridgehead atoms. The Hall–Kier alpha value is -1.81. The first-order valence-electron chi connectivity index (χ1n) is 4.88. The lowest BCUT2D eigenvalue weighted by Gasteiger charge is -2.06. The molecule has 0 saturated heterocycles. The first-order chi connectivity index (χ1) is 8.19. The van der Waals surface area contributed by atoms with Crippen molar-refractivity contribution in [2.45, 2.75) is 0 Å². The lowest BCUT2D eigenvalue weighted by Crippen LogP contribution is -1.98. The van der Waals surface area contributed by atoms with Gasteiger partial charge in [-0.1, -0.05) is 0 Å². The molecular weight excluding hydrogens is 327 g/mol. The first kappa shape index (κ1) is 11.7. The van der Waals surface area contributed by atoms with E-state index in [1.165, 1.54) is 0 Å². The van der Waals surface area contributed by atoms with Gasteiger partial charge in [0, 0.05) is 9.26 Å². The lowest BCUT2D eigenvalue weighted by molar-refractivity contribution is 1.26. The predicted octanol–water partition coefficient (Wildman–Crippen LogP) is 2.88. The van der Waals surface area contributed by atoms with Crippen LogP contribution in [0.3, 0.4) is 0 Å². The number of anilines is 3. The van der Waals surface area contributed by atoms with Crippen LogP contribution in [0.15, 0.2) is 36.4 Å². The molecular formula is C12H9IN4. The monoisotopic (exact) mass is 336 g/mol. The van der Waals surface area contributed by atoms with Gasteiger partial charge in [0.2, 0.25) is 0 Å². The number of pyridine rings is 1. The van der Waals surface area contributed by atoms with Crippen molar-refractivity contribution in [1.82, 2.24) is 4.98 Å². The molecule has 0 saturated carbocycles. The standard InChI is InChI=1S/C12H9IN4/c13-8-1-3-9(4-2-8)16-12-6-5-10(15)11(7-14)17-12/h1-6H,15H2,(H,16,17). The Balaban J connectivity index is 2.25. The predicted molar refractivity (Wildman–Crippen MR) is 75.8 cm³/mol. The summed E-state index contributed by atoms with van der Waals surface area (Å²) in [6, 6.07) is 13.2. The summed E-state index contributed by atoms with van der Waals surface area (Å²) in [7, 11) is 0. The van der Waals surface area contributed by atoms with Crippen LogP contribution in [0.5, 0.6) is 0 Å². The molecule has 5 heteroatoms. The molecule has 1 heterocycles. The lowest BCUT2D eigenvalue weighted by atomic mass is 10.3. The number of aromatic nitrogens is 1. The Bertz CT molecular complexity index is 572. The summed E-state index contributed by atoms with van der Waals surface area (Å²) in [5.74, 6) is 0.608. The van der Waals surface area contributed by atoms with Crippen molar-refractivity contribution in [3.05, 3.63) is 45.7 Å². The molecule has 84 valence electrons. The molecule has 1 aromatic heterocycles. The number of halogens is 1. The molecule has 4 nitrogen and oxygen atoms in total. The Labute approximate surface area is 113 Å². The van der Waals surface area contributed by atoms with Crippen LogP contribution in [0, 0.1) is 14.9 Å². The molecule has 0 spiro atoms. The largest absolute Gasteiger partial charge is 0.396 e. The van der Waals surface area contributed by atoms with Crippen molar-refractivity contribution in [3.8, 4) is 6.07 Å². The number of nitrogens with two attached hydrogens (primary N) is 1. The van der Waals surface area contributed by atoms with Crippen LogP contribution in [0.2, 0.25) is 0 Å². The molecule has 0 aliphatic rings. The first-order valence-corrected chi connectivity index (χ1v) is 5.96. The summed E-state index contributed by atoms with van der Waals surface area (Å²) >= 11 is 2.24. The zero-order valence-electron chi connectivity index (χ0n) is 8.81. The summed E-state index contributed by atoms with van der Waals surface area (Å²) < 4.78 is 1.16. The average molecular weight is 336 g/mol. The minimum atomic E-state index is 0.237. The van der Waals surface area contributed by atoms with Crippen LogP contribution in [-0.2, 0) is 0 Å². The Morgan fingerprint density at radius 1 is 1.18 bits per heavy atom. The molecule has 17 heavy (non-hydrogen) atoms. The zero-order valence-corrected chi connectivity index (χ0v) is 11.0. The van der Waals surface area contributed by atoms with Crippen molar-refractivity contribution >= 4 is 39.8 Å². The number of hydrogen-bond donors (Lipinski definition) is 2. The number of benzene rings is 1. The van der Waals surface area contributed by atoms with Crippen molar-refractivity contribution in [2.75, 3.05) is 11.1 Å². The van der Waals surface area contributed by atoms with Crippen molar-refractivity contribution < 1.29 is 0 Å². The van der Waals surface area contributed by atoms with Gasteiger partial charge in [0.15, 0.2) is 5.69 Å². The fourth-order valence-corrected chi connectivity index (χ4v) is 1.67. The van der Waals surface area contributed by atoms with Gasteiger partial charge in [0.1, 0.15) is 11.9 Å².